The zero-order chi connectivity index (χ0) is 12.4. The number of halogens is 1. The van der Waals surface area contributed by atoms with Gasteiger partial charge in [0.2, 0.25) is 0 Å². The first-order valence-electron chi connectivity index (χ1n) is 5.55. The highest BCUT2D eigenvalue weighted by molar-refractivity contribution is 9.10. The minimum Gasteiger partial charge on any atom is -0.457 e. The van der Waals surface area contributed by atoms with E-state index in [0.29, 0.717) is 11.1 Å². The van der Waals surface area contributed by atoms with Crippen LogP contribution in [0.25, 0.3) is 0 Å². The Balaban J connectivity index is 2.21. The number of hydrogen-bond acceptors (Lipinski definition) is 2. The molecule has 1 aromatic heterocycles. The van der Waals surface area contributed by atoms with Crippen molar-refractivity contribution in [3.63, 3.8) is 0 Å². The third-order valence-corrected chi connectivity index (χ3v) is 3.57. The van der Waals surface area contributed by atoms with E-state index in [1.807, 2.05) is 0 Å². The lowest BCUT2D eigenvalue weighted by molar-refractivity contribution is 0.176. The topological polar surface area (TPSA) is 33.4 Å². The van der Waals surface area contributed by atoms with Gasteiger partial charge in [-0.2, -0.15) is 0 Å². The summed E-state index contributed by atoms with van der Waals surface area (Å²) in [5.74, 6) is 0. The Hall–Kier alpha value is -1.06. The van der Waals surface area contributed by atoms with Gasteiger partial charge >= 0.3 is 0 Å². The molecule has 0 aliphatic carbocycles. The van der Waals surface area contributed by atoms with Crippen LogP contribution in [0.5, 0.6) is 0 Å². The van der Waals surface area contributed by atoms with Crippen molar-refractivity contribution in [1.82, 2.24) is 0 Å². The third kappa shape index (κ3) is 2.79. The highest BCUT2D eigenvalue weighted by Crippen LogP contribution is 2.28. The van der Waals surface area contributed by atoms with Gasteiger partial charge in [-0.3, -0.25) is 0 Å². The highest BCUT2D eigenvalue weighted by Gasteiger charge is 2.15. The van der Waals surface area contributed by atoms with Crippen LogP contribution in [-0.4, -0.2) is 5.11 Å². The molecule has 1 atom stereocenters. The zero-order valence-electron chi connectivity index (χ0n) is 9.90. The first-order valence-corrected chi connectivity index (χ1v) is 6.34. The summed E-state index contributed by atoms with van der Waals surface area (Å²) < 4.78 is 5.74. The van der Waals surface area contributed by atoms with Crippen LogP contribution in [0.3, 0.4) is 0 Å². The number of rotatable bonds is 3. The molecule has 0 spiro atoms. The molecule has 1 aromatic carbocycles. The van der Waals surface area contributed by atoms with Crippen molar-refractivity contribution < 1.29 is 9.52 Å². The average Bonchev–Trinajstić information content (AvgIpc) is 2.70. The van der Waals surface area contributed by atoms with E-state index in [0.717, 1.165) is 5.56 Å². The number of aliphatic hydroxyl groups excluding tert-OH is 1. The molecule has 0 fully saturated rings. The lowest BCUT2D eigenvalue weighted by Crippen LogP contribution is -2.03. The van der Waals surface area contributed by atoms with Crippen LogP contribution in [0.2, 0.25) is 0 Å². The fourth-order valence-electron chi connectivity index (χ4n) is 1.88. The molecule has 17 heavy (non-hydrogen) atoms. The smallest absolute Gasteiger partial charge is 0.174 e. The molecule has 0 saturated heterocycles. The molecule has 1 heterocycles. The molecule has 0 aliphatic rings. The third-order valence-electron chi connectivity index (χ3n) is 2.92. The minimum atomic E-state index is -0.538. The second-order valence-corrected chi connectivity index (χ2v) is 5.02. The predicted octanol–water partition coefficient (Wildman–Crippen LogP) is 3.94. The van der Waals surface area contributed by atoms with Crippen LogP contribution in [0, 0.1) is 13.8 Å². The van der Waals surface area contributed by atoms with Crippen LogP contribution in [0.15, 0.2) is 39.6 Å². The molecule has 90 valence electrons. The van der Waals surface area contributed by atoms with Gasteiger partial charge < -0.3 is 9.52 Å². The SMILES string of the molecule is Cc1ccc(C)c(CC(O)c2ccoc2Br)c1. The van der Waals surface area contributed by atoms with Gasteiger partial charge in [0.1, 0.15) is 0 Å². The number of aliphatic hydroxyl groups is 1. The van der Waals surface area contributed by atoms with E-state index in [2.05, 4.69) is 48.0 Å². The Morgan fingerprint density at radius 3 is 2.71 bits per heavy atom. The van der Waals surface area contributed by atoms with Gasteiger partial charge in [0.05, 0.1) is 12.4 Å². The highest BCUT2D eigenvalue weighted by atomic mass is 79.9. The number of aryl methyl sites for hydroxylation is 2. The maximum Gasteiger partial charge on any atom is 0.174 e. The molecule has 2 nitrogen and oxygen atoms in total. The van der Waals surface area contributed by atoms with Crippen molar-refractivity contribution in [2.45, 2.75) is 26.4 Å². The lowest BCUT2D eigenvalue weighted by Gasteiger charge is -2.12. The molecule has 0 saturated carbocycles. The van der Waals surface area contributed by atoms with E-state index in [4.69, 9.17) is 4.42 Å². The summed E-state index contributed by atoms with van der Waals surface area (Å²) in [7, 11) is 0. The molecule has 0 amide bonds. The maximum absolute atomic E-state index is 10.2. The molecular weight excluding hydrogens is 280 g/mol. The number of benzene rings is 1. The monoisotopic (exact) mass is 294 g/mol. The summed E-state index contributed by atoms with van der Waals surface area (Å²) in [6, 6.07) is 8.08. The summed E-state index contributed by atoms with van der Waals surface area (Å²) >= 11 is 3.29. The predicted molar refractivity (Wildman–Crippen MR) is 71.0 cm³/mol. The molecule has 3 heteroatoms. The Morgan fingerprint density at radius 1 is 1.29 bits per heavy atom. The summed E-state index contributed by atoms with van der Waals surface area (Å²) in [6.07, 6.45) is 1.64. The van der Waals surface area contributed by atoms with Gasteiger partial charge in [-0.05, 0) is 47.0 Å². The fraction of sp³-hybridized carbons (Fsp3) is 0.286. The van der Waals surface area contributed by atoms with Crippen LogP contribution >= 0.6 is 15.9 Å². The van der Waals surface area contributed by atoms with Gasteiger partial charge in [0, 0.05) is 12.0 Å². The van der Waals surface area contributed by atoms with Crippen molar-refractivity contribution in [2.75, 3.05) is 0 Å². The Labute approximate surface area is 109 Å². The van der Waals surface area contributed by atoms with Crippen LogP contribution in [0.4, 0.5) is 0 Å². The molecule has 0 aliphatic heterocycles. The van der Waals surface area contributed by atoms with Crippen molar-refractivity contribution in [2.24, 2.45) is 0 Å². The zero-order valence-corrected chi connectivity index (χ0v) is 11.5. The molecule has 1 N–H and O–H groups in total. The largest absolute Gasteiger partial charge is 0.457 e. The van der Waals surface area contributed by atoms with Crippen molar-refractivity contribution >= 4 is 15.9 Å². The van der Waals surface area contributed by atoms with Crippen LogP contribution < -0.4 is 0 Å². The van der Waals surface area contributed by atoms with E-state index in [-0.39, 0.29) is 0 Å². The first-order chi connectivity index (χ1) is 8.08. The quantitative estimate of drug-likeness (QED) is 0.930. The second kappa shape index (κ2) is 5.07. The number of hydrogen-bond donors (Lipinski definition) is 1. The van der Waals surface area contributed by atoms with Gasteiger partial charge in [-0.15, -0.1) is 0 Å². The van der Waals surface area contributed by atoms with Gasteiger partial charge in [-0.25, -0.2) is 0 Å². The summed E-state index contributed by atoms with van der Waals surface area (Å²) in [5, 5.41) is 10.2. The van der Waals surface area contributed by atoms with Crippen LogP contribution in [-0.2, 0) is 6.42 Å². The van der Waals surface area contributed by atoms with Crippen molar-refractivity contribution in [1.29, 1.82) is 0 Å². The minimum absolute atomic E-state index is 0.538. The molecule has 2 aromatic rings. The number of furan rings is 1. The van der Waals surface area contributed by atoms with Crippen molar-refractivity contribution in [3.05, 3.63) is 57.5 Å². The fourth-order valence-corrected chi connectivity index (χ4v) is 2.39. The van der Waals surface area contributed by atoms with Gasteiger partial charge in [-0.1, -0.05) is 23.8 Å². The Morgan fingerprint density at radius 2 is 2.06 bits per heavy atom. The molecule has 0 bridgehead atoms. The second-order valence-electron chi connectivity index (χ2n) is 4.30. The standard InChI is InChI=1S/C14H15BrO2/c1-9-3-4-10(2)11(7-9)8-13(16)12-5-6-17-14(12)15/h3-7,13,16H,8H2,1-2H3. The normalized spacial score (nSPS) is 12.7. The molecule has 0 radical (unpaired) electrons. The maximum atomic E-state index is 10.2. The Kier molecular flexibility index (Phi) is 3.69. The lowest BCUT2D eigenvalue weighted by atomic mass is 9.98. The molecule has 2 rings (SSSR count). The van der Waals surface area contributed by atoms with Gasteiger partial charge in [0.15, 0.2) is 4.67 Å². The van der Waals surface area contributed by atoms with Crippen LogP contribution in [0.1, 0.15) is 28.4 Å². The summed E-state index contributed by atoms with van der Waals surface area (Å²) in [6.45, 7) is 4.12. The molecule has 1 unspecified atom stereocenters. The summed E-state index contributed by atoms with van der Waals surface area (Å²) in [4.78, 5) is 0. The average molecular weight is 295 g/mol. The van der Waals surface area contributed by atoms with E-state index >= 15 is 0 Å². The van der Waals surface area contributed by atoms with E-state index < -0.39 is 6.10 Å². The van der Waals surface area contributed by atoms with E-state index in [9.17, 15) is 5.11 Å². The van der Waals surface area contributed by atoms with Crippen molar-refractivity contribution in [3.8, 4) is 0 Å². The Bertz CT molecular complexity index is 517. The first kappa shape index (κ1) is 12.4. The van der Waals surface area contributed by atoms with E-state index in [1.54, 1.807) is 12.3 Å². The van der Waals surface area contributed by atoms with Gasteiger partial charge in [0.25, 0.3) is 0 Å². The summed E-state index contributed by atoms with van der Waals surface area (Å²) in [5.41, 5.74) is 4.38. The molecular formula is C14H15BrO2. The van der Waals surface area contributed by atoms with E-state index in [1.165, 1.54) is 16.7 Å².